The highest BCUT2D eigenvalue weighted by Gasteiger charge is 2.20. The summed E-state index contributed by atoms with van der Waals surface area (Å²) in [6, 6.07) is 18.4. The molecule has 3 nitrogen and oxygen atoms in total. The molecule has 0 spiro atoms. The van der Waals surface area contributed by atoms with Crippen LogP contribution in [0, 0.1) is 0 Å². The van der Waals surface area contributed by atoms with Gasteiger partial charge in [0.2, 0.25) is 0 Å². The van der Waals surface area contributed by atoms with Crippen LogP contribution in [0.5, 0.6) is 0 Å². The molecule has 0 bridgehead atoms. The number of imidazole rings is 1. The van der Waals surface area contributed by atoms with Crippen molar-refractivity contribution in [1.29, 1.82) is 0 Å². The Balaban J connectivity index is 1.87. The lowest BCUT2D eigenvalue weighted by atomic mass is 9.94. The van der Waals surface area contributed by atoms with Gasteiger partial charge in [0.25, 0.3) is 0 Å². The first-order chi connectivity index (χ1) is 11.8. The van der Waals surface area contributed by atoms with Crippen molar-refractivity contribution >= 4 is 11.6 Å². The number of hydrogen-bond donors (Lipinski definition) is 1. The molecule has 0 fully saturated rings. The van der Waals surface area contributed by atoms with Gasteiger partial charge < -0.3 is 9.55 Å². The van der Waals surface area contributed by atoms with E-state index < -0.39 is 0 Å². The van der Waals surface area contributed by atoms with Gasteiger partial charge in [0, 0.05) is 40.9 Å². The molecule has 0 aliphatic carbocycles. The highest BCUT2D eigenvalue weighted by atomic mass is 35.5. The van der Waals surface area contributed by atoms with Crippen molar-refractivity contribution in [2.75, 3.05) is 0 Å². The largest absolute Gasteiger partial charge is 0.367 e. The Bertz CT molecular complexity index is 909. The number of nitrogens with one attached hydrogen (secondary N) is 1. The molecule has 0 unspecified atom stereocenters. The van der Waals surface area contributed by atoms with Crippen molar-refractivity contribution in [3.8, 4) is 11.1 Å². The lowest BCUT2D eigenvalue weighted by molar-refractivity contribution is 0.679. The maximum Gasteiger partial charge on any atom is 0.0954 e. The molecular weight excluding hydrogens is 318 g/mol. The SMILES string of the molecule is Clc1ccc([C@@H](c2c[nH]cc2-c2ccccc2)n2ccnc2)cc1. The Morgan fingerprint density at radius 3 is 2.46 bits per heavy atom. The highest BCUT2D eigenvalue weighted by Crippen LogP contribution is 2.34. The monoisotopic (exact) mass is 333 g/mol. The van der Waals surface area contributed by atoms with Crippen LogP contribution < -0.4 is 0 Å². The van der Waals surface area contributed by atoms with Crippen LogP contribution in [0.1, 0.15) is 17.2 Å². The Morgan fingerprint density at radius 1 is 0.958 bits per heavy atom. The minimum absolute atomic E-state index is 0.0335. The van der Waals surface area contributed by atoms with E-state index in [1.165, 1.54) is 16.7 Å². The molecule has 0 saturated heterocycles. The van der Waals surface area contributed by atoms with Crippen LogP contribution >= 0.6 is 11.6 Å². The molecule has 2 heterocycles. The highest BCUT2D eigenvalue weighted by molar-refractivity contribution is 6.30. The van der Waals surface area contributed by atoms with E-state index in [1.807, 2.05) is 36.9 Å². The van der Waals surface area contributed by atoms with E-state index >= 15 is 0 Å². The summed E-state index contributed by atoms with van der Waals surface area (Å²) in [6.45, 7) is 0. The van der Waals surface area contributed by atoms with Crippen molar-refractivity contribution in [3.63, 3.8) is 0 Å². The molecule has 0 aliphatic rings. The fourth-order valence-corrected chi connectivity index (χ4v) is 3.18. The van der Waals surface area contributed by atoms with Crippen molar-refractivity contribution in [1.82, 2.24) is 14.5 Å². The molecule has 1 atom stereocenters. The van der Waals surface area contributed by atoms with Crippen LogP contribution in [0.15, 0.2) is 85.7 Å². The lowest BCUT2D eigenvalue weighted by Gasteiger charge is -2.20. The molecule has 0 aliphatic heterocycles. The number of halogens is 1. The average molecular weight is 334 g/mol. The predicted octanol–water partition coefficient (Wildman–Crippen LogP) is 5.17. The van der Waals surface area contributed by atoms with Gasteiger partial charge >= 0.3 is 0 Å². The topological polar surface area (TPSA) is 33.6 Å². The zero-order chi connectivity index (χ0) is 16.4. The van der Waals surface area contributed by atoms with Crippen molar-refractivity contribution < 1.29 is 0 Å². The molecule has 24 heavy (non-hydrogen) atoms. The van der Waals surface area contributed by atoms with Crippen molar-refractivity contribution in [3.05, 3.63) is 102 Å². The van der Waals surface area contributed by atoms with Gasteiger partial charge in [-0.1, -0.05) is 54.1 Å². The van der Waals surface area contributed by atoms with Gasteiger partial charge in [0.05, 0.1) is 12.4 Å². The first kappa shape index (κ1) is 14.8. The summed E-state index contributed by atoms with van der Waals surface area (Å²) >= 11 is 6.07. The summed E-state index contributed by atoms with van der Waals surface area (Å²) < 4.78 is 2.11. The molecule has 4 rings (SSSR count). The Labute approximate surface area is 145 Å². The minimum atomic E-state index is 0.0335. The lowest BCUT2D eigenvalue weighted by Crippen LogP contribution is -2.10. The Morgan fingerprint density at radius 2 is 1.75 bits per heavy atom. The molecule has 2 aromatic carbocycles. The third kappa shape index (κ3) is 2.74. The van der Waals surface area contributed by atoms with E-state index in [2.05, 4.69) is 57.1 Å². The van der Waals surface area contributed by atoms with E-state index in [1.54, 1.807) is 6.20 Å². The van der Waals surface area contributed by atoms with Crippen LogP contribution in [0.4, 0.5) is 0 Å². The summed E-state index contributed by atoms with van der Waals surface area (Å²) in [6.07, 6.45) is 9.74. The third-order valence-electron chi connectivity index (χ3n) is 4.17. The van der Waals surface area contributed by atoms with Gasteiger partial charge in [-0.3, -0.25) is 0 Å². The molecule has 2 aromatic heterocycles. The smallest absolute Gasteiger partial charge is 0.0954 e. The number of rotatable bonds is 4. The second-order valence-corrected chi connectivity index (χ2v) is 6.09. The number of H-pyrrole nitrogens is 1. The van der Waals surface area contributed by atoms with Gasteiger partial charge in [0.1, 0.15) is 0 Å². The molecule has 1 N–H and O–H groups in total. The number of aromatic amines is 1. The summed E-state index contributed by atoms with van der Waals surface area (Å²) in [7, 11) is 0. The summed E-state index contributed by atoms with van der Waals surface area (Å²) in [4.78, 5) is 7.49. The summed E-state index contributed by atoms with van der Waals surface area (Å²) in [5.41, 5.74) is 4.73. The zero-order valence-corrected chi connectivity index (χ0v) is 13.7. The maximum absolute atomic E-state index is 6.07. The van der Waals surface area contributed by atoms with Gasteiger partial charge in [0.15, 0.2) is 0 Å². The zero-order valence-electron chi connectivity index (χ0n) is 12.9. The molecule has 118 valence electrons. The quantitative estimate of drug-likeness (QED) is 0.549. The first-order valence-corrected chi connectivity index (χ1v) is 8.16. The standard InChI is InChI=1S/C20H16ClN3/c21-17-8-6-16(7-9-17)20(24-11-10-22-14-24)19-13-23-12-18(19)15-4-2-1-3-5-15/h1-14,20,23H/t20-/m0/s1. The number of aromatic nitrogens is 3. The Kier molecular flexibility index (Phi) is 3.93. The molecule has 0 amide bonds. The van der Waals surface area contributed by atoms with Crippen LogP contribution in [0.3, 0.4) is 0 Å². The summed E-state index contributed by atoms with van der Waals surface area (Å²) in [5, 5.41) is 0.737. The third-order valence-corrected chi connectivity index (χ3v) is 4.42. The Hall–Kier alpha value is -2.78. The predicted molar refractivity (Wildman–Crippen MR) is 97.1 cm³/mol. The van der Waals surface area contributed by atoms with E-state index in [9.17, 15) is 0 Å². The molecule has 4 aromatic rings. The fraction of sp³-hybridized carbons (Fsp3) is 0.0500. The molecule has 0 saturated carbocycles. The average Bonchev–Trinajstić information content (AvgIpc) is 3.30. The van der Waals surface area contributed by atoms with Crippen LogP contribution in [-0.4, -0.2) is 14.5 Å². The molecule has 0 radical (unpaired) electrons. The summed E-state index contributed by atoms with van der Waals surface area (Å²) in [5.74, 6) is 0. The number of benzene rings is 2. The molecule has 4 heteroatoms. The fourth-order valence-electron chi connectivity index (χ4n) is 3.05. The maximum atomic E-state index is 6.07. The normalized spacial score (nSPS) is 12.2. The van der Waals surface area contributed by atoms with Gasteiger partial charge in [-0.2, -0.15) is 0 Å². The van der Waals surface area contributed by atoms with E-state index in [4.69, 9.17) is 11.6 Å². The number of nitrogens with zero attached hydrogens (tertiary/aromatic N) is 2. The van der Waals surface area contributed by atoms with Crippen molar-refractivity contribution in [2.24, 2.45) is 0 Å². The van der Waals surface area contributed by atoms with Crippen molar-refractivity contribution in [2.45, 2.75) is 6.04 Å². The van der Waals surface area contributed by atoms with Gasteiger partial charge in [-0.15, -0.1) is 0 Å². The first-order valence-electron chi connectivity index (χ1n) is 7.78. The minimum Gasteiger partial charge on any atom is -0.367 e. The number of hydrogen-bond acceptors (Lipinski definition) is 1. The van der Waals surface area contributed by atoms with Gasteiger partial charge in [-0.05, 0) is 23.3 Å². The second kappa shape index (κ2) is 6.38. The van der Waals surface area contributed by atoms with E-state index in [0.717, 1.165) is 10.6 Å². The second-order valence-electron chi connectivity index (χ2n) is 5.65. The van der Waals surface area contributed by atoms with Crippen LogP contribution in [-0.2, 0) is 0 Å². The van der Waals surface area contributed by atoms with Gasteiger partial charge in [-0.25, -0.2) is 4.98 Å². The van der Waals surface area contributed by atoms with E-state index in [0.29, 0.717) is 0 Å². The molecular formula is C20H16ClN3. The van der Waals surface area contributed by atoms with Crippen LogP contribution in [0.25, 0.3) is 11.1 Å². The van der Waals surface area contributed by atoms with E-state index in [-0.39, 0.29) is 6.04 Å². The van der Waals surface area contributed by atoms with Crippen LogP contribution in [0.2, 0.25) is 5.02 Å².